The third-order valence-electron chi connectivity index (χ3n) is 3.56. The molecular weight excluding hydrogens is 292 g/mol. The Labute approximate surface area is 127 Å². The summed E-state index contributed by atoms with van der Waals surface area (Å²) >= 11 is 0. The minimum Gasteiger partial charge on any atom is -0.251 e. The number of unbranched alkanes of at least 4 members (excludes halogenated alkanes) is 3. The molecule has 0 aliphatic heterocycles. The number of rotatable bonds is 7. The zero-order chi connectivity index (χ0) is 15.9. The van der Waals surface area contributed by atoms with E-state index in [9.17, 15) is 17.6 Å². The monoisotopic (exact) mass is 310 g/mol. The molecule has 0 N–H and O–H groups in total. The van der Waals surface area contributed by atoms with Gasteiger partial charge in [0.2, 0.25) is 0 Å². The molecule has 2 aromatic rings. The Morgan fingerprint density at radius 3 is 2.09 bits per heavy atom. The number of hydrogen-bond donors (Lipinski definition) is 0. The average molecular weight is 310 g/mol. The lowest BCUT2D eigenvalue weighted by molar-refractivity contribution is 0.453. The minimum absolute atomic E-state index is 0.185. The molecule has 118 valence electrons. The molecule has 0 saturated heterocycles. The zero-order valence-electron chi connectivity index (χ0n) is 12.2. The van der Waals surface area contributed by atoms with E-state index in [4.69, 9.17) is 0 Å². The quantitative estimate of drug-likeness (QED) is 0.445. The van der Waals surface area contributed by atoms with Gasteiger partial charge in [-0.3, -0.25) is 4.39 Å². The predicted octanol–water partition coefficient (Wildman–Crippen LogP) is 5.84. The lowest BCUT2D eigenvalue weighted by Gasteiger charge is -2.09. The second-order valence-corrected chi connectivity index (χ2v) is 5.30. The number of halogens is 4. The molecule has 0 heterocycles. The molecule has 0 unspecified atom stereocenters. The molecule has 0 bridgehead atoms. The fraction of sp³-hybridized carbons (Fsp3) is 0.333. The Balaban J connectivity index is 2.12. The number of alkyl halides is 1. The maximum atomic E-state index is 14.1. The largest absolute Gasteiger partial charge is 0.251 e. The summed E-state index contributed by atoms with van der Waals surface area (Å²) in [5.41, 5.74) is 0.542. The first-order chi connectivity index (χ1) is 10.6. The van der Waals surface area contributed by atoms with E-state index in [2.05, 4.69) is 0 Å². The standard InChI is InChI=1S/C18H18F4/c19-9-4-2-1-3-6-13-10-16(21)18(17(22)11-13)14-7-5-8-15(20)12-14/h5,7-8,10-12H,1-4,6,9H2. The van der Waals surface area contributed by atoms with E-state index in [-0.39, 0.29) is 17.8 Å². The summed E-state index contributed by atoms with van der Waals surface area (Å²) in [5.74, 6) is -1.91. The Kier molecular flexibility index (Phi) is 5.99. The highest BCUT2D eigenvalue weighted by Gasteiger charge is 2.13. The van der Waals surface area contributed by atoms with Crippen LogP contribution in [0.5, 0.6) is 0 Å². The predicted molar refractivity (Wildman–Crippen MR) is 79.9 cm³/mol. The summed E-state index contributed by atoms with van der Waals surface area (Å²) in [6.45, 7) is -0.328. The molecule has 0 fully saturated rings. The molecule has 0 spiro atoms. The first-order valence-electron chi connectivity index (χ1n) is 7.41. The zero-order valence-corrected chi connectivity index (χ0v) is 12.2. The van der Waals surface area contributed by atoms with Gasteiger partial charge in [0, 0.05) is 0 Å². The van der Waals surface area contributed by atoms with Crippen LogP contribution in [-0.4, -0.2) is 6.67 Å². The van der Waals surface area contributed by atoms with Crippen molar-refractivity contribution < 1.29 is 17.6 Å². The van der Waals surface area contributed by atoms with Crippen LogP contribution >= 0.6 is 0 Å². The summed E-state index contributed by atoms with van der Waals surface area (Å²) in [6.07, 6.45) is 3.45. The molecule has 22 heavy (non-hydrogen) atoms. The van der Waals surface area contributed by atoms with Crippen LogP contribution in [-0.2, 0) is 6.42 Å². The molecule has 4 heteroatoms. The lowest BCUT2D eigenvalue weighted by atomic mass is 9.99. The van der Waals surface area contributed by atoms with Crippen LogP contribution in [0.1, 0.15) is 31.2 Å². The van der Waals surface area contributed by atoms with Crippen molar-refractivity contribution in [2.75, 3.05) is 6.67 Å². The number of aryl methyl sites for hydroxylation is 1. The van der Waals surface area contributed by atoms with Crippen LogP contribution in [0.2, 0.25) is 0 Å². The van der Waals surface area contributed by atoms with Crippen molar-refractivity contribution in [3.05, 3.63) is 59.4 Å². The van der Waals surface area contributed by atoms with Crippen LogP contribution in [0.4, 0.5) is 17.6 Å². The molecule has 0 amide bonds. The first kappa shape index (κ1) is 16.5. The van der Waals surface area contributed by atoms with Crippen LogP contribution in [0, 0.1) is 17.5 Å². The maximum absolute atomic E-state index is 14.1. The van der Waals surface area contributed by atoms with E-state index in [0.29, 0.717) is 18.4 Å². The second-order valence-electron chi connectivity index (χ2n) is 5.30. The SMILES string of the molecule is FCCCCCCc1cc(F)c(-c2cccc(F)c2)c(F)c1. The van der Waals surface area contributed by atoms with Crippen LogP contribution in [0.15, 0.2) is 36.4 Å². The van der Waals surface area contributed by atoms with Gasteiger partial charge < -0.3 is 0 Å². The molecule has 0 nitrogen and oxygen atoms in total. The molecule has 0 atom stereocenters. The molecular formula is C18H18F4. The molecule has 0 aromatic heterocycles. The van der Waals surface area contributed by atoms with E-state index in [1.807, 2.05) is 0 Å². The fourth-order valence-electron chi connectivity index (χ4n) is 2.47. The maximum Gasteiger partial charge on any atom is 0.134 e. The van der Waals surface area contributed by atoms with Crippen LogP contribution in [0.3, 0.4) is 0 Å². The van der Waals surface area contributed by atoms with Crippen molar-refractivity contribution in [1.29, 1.82) is 0 Å². The van der Waals surface area contributed by atoms with E-state index in [0.717, 1.165) is 25.3 Å². The van der Waals surface area contributed by atoms with Crippen LogP contribution < -0.4 is 0 Å². The number of benzene rings is 2. The van der Waals surface area contributed by atoms with Gasteiger partial charge in [-0.1, -0.05) is 25.0 Å². The minimum atomic E-state index is -0.690. The lowest BCUT2D eigenvalue weighted by Crippen LogP contribution is -1.96. The van der Waals surface area contributed by atoms with Gasteiger partial charge in [0.25, 0.3) is 0 Å². The van der Waals surface area contributed by atoms with Gasteiger partial charge in [-0.25, -0.2) is 13.2 Å². The molecule has 2 rings (SSSR count). The molecule has 0 aliphatic rings. The molecule has 0 radical (unpaired) electrons. The van der Waals surface area contributed by atoms with Gasteiger partial charge in [-0.15, -0.1) is 0 Å². The smallest absolute Gasteiger partial charge is 0.134 e. The van der Waals surface area contributed by atoms with Gasteiger partial charge in [-0.05, 0) is 54.7 Å². The van der Waals surface area contributed by atoms with Crippen molar-refractivity contribution in [3.63, 3.8) is 0 Å². The molecule has 0 aliphatic carbocycles. The normalized spacial score (nSPS) is 10.9. The Morgan fingerprint density at radius 2 is 1.45 bits per heavy atom. The van der Waals surface area contributed by atoms with Crippen molar-refractivity contribution in [1.82, 2.24) is 0 Å². The molecule has 2 aromatic carbocycles. The third kappa shape index (κ3) is 4.33. The van der Waals surface area contributed by atoms with Crippen LogP contribution in [0.25, 0.3) is 11.1 Å². The van der Waals surface area contributed by atoms with Gasteiger partial charge in [0.1, 0.15) is 17.5 Å². The van der Waals surface area contributed by atoms with Gasteiger partial charge in [0.15, 0.2) is 0 Å². The van der Waals surface area contributed by atoms with Crippen molar-refractivity contribution >= 4 is 0 Å². The van der Waals surface area contributed by atoms with E-state index < -0.39 is 17.5 Å². The summed E-state index contributed by atoms with van der Waals surface area (Å²) in [5, 5.41) is 0. The van der Waals surface area contributed by atoms with E-state index in [1.165, 1.54) is 30.3 Å². The fourth-order valence-corrected chi connectivity index (χ4v) is 2.47. The first-order valence-corrected chi connectivity index (χ1v) is 7.41. The summed E-state index contributed by atoms with van der Waals surface area (Å²) in [4.78, 5) is 0. The second kappa shape index (κ2) is 7.97. The highest BCUT2D eigenvalue weighted by atomic mass is 19.1. The Morgan fingerprint density at radius 1 is 0.773 bits per heavy atom. The van der Waals surface area contributed by atoms with Crippen molar-refractivity contribution in [2.24, 2.45) is 0 Å². The summed E-state index contributed by atoms with van der Waals surface area (Å²) < 4.78 is 53.4. The molecule has 0 saturated carbocycles. The highest BCUT2D eigenvalue weighted by Crippen LogP contribution is 2.28. The topological polar surface area (TPSA) is 0 Å². The average Bonchev–Trinajstić information content (AvgIpc) is 2.46. The van der Waals surface area contributed by atoms with Gasteiger partial charge in [0.05, 0.1) is 12.2 Å². The summed E-state index contributed by atoms with van der Waals surface area (Å²) in [7, 11) is 0. The van der Waals surface area contributed by atoms with E-state index >= 15 is 0 Å². The van der Waals surface area contributed by atoms with E-state index in [1.54, 1.807) is 0 Å². The van der Waals surface area contributed by atoms with Crippen molar-refractivity contribution in [3.8, 4) is 11.1 Å². The highest BCUT2D eigenvalue weighted by molar-refractivity contribution is 5.65. The third-order valence-corrected chi connectivity index (χ3v) is 3.56. The summed E-state index contributed by atoms with van der Waals surface area (Å²) in [6, 6.07) is 7.81. The Bertz CT molecular complexity index is 599. The van der Waals surface area contributed by atoms with Gasteiger partial charge in [-0.2, -0.15) is 0 Å². The number of hydrogen-bond acceptors (Lipinski definition) is 0. The van der Waals surface area contributed by atoms with Crippen molar-refractivity contribution in [2.45, 2.75) is 32.1 Å². The van der Waals surface area contributed by atoms with Gasteiger partial charge >= 0.3 is 0 Å². The Hall–Kier alpha value is -1.84.